The lowest BCUT2D eigenvalue weighted by Gasteiger charge is -2.34. The monoisotopic (exact) mass is 345 g/mol. The molecule has 1 heterocycles. The highest BCUT2D eigenvalue weighted by Crippen LogP contribution is 2.26. The van der Waals surface area contributed by atoms with Crippen molar-refractivity contribution in [1.29, 1.82) is 0 Å². The lowest BCUT2D eigenvalue weighted by molar-refractivity contribution is -0.133. The molecule has 0 spiro atoms. The van der Waals surface area contributed by atoms with Gasteiger partial charge in [0.25, 0.3) is 0 Å². The summed E-state index contributed by atoms with van der Waals surface area (Å²) in [5.41, 5.74) is 2.75. The van der Waals surface area contributed by atoms with Gasteiger partial charge in [0, 0.05) is 38.8 Å². The molecule has 25 heavy (non-hydrogen) atoms. The third-order valence-electron chi connectivity index (χ3n) is 4.88. The van der Waals surface area contributed by atoms with Crippen molar-refractivity contribution in [2.45, 2.75) is 52.0 Å². The molecule has 138 valence electrons. The summed E-state index contributed by atoms with van der Waals surface area (Å²) in [6.07, 6.45) is 1.85. The van der Waals surface area contributed by atoms with Gasteiger partial charge in [0.05, 0.1) is 6.54 Å². The van der Waals surface area contributed by atoms with E-state index in [-0.39, 0.29) is 29.8 Å². The number of nitrogens with one attached hydrogen (secondary N) is 1. The van der Waals surface area contributed by atoms with Crippen LogP contribution in [-0.2, 0) is 15.0 Å². The van der Waals surface area contributed by atoms with E-state index in [0.717, 1.165) is 25.9 Å². The summed E-state index contributed by atoms with van der Waals surface area (Å²) in [6.45, 7) is 10.1. The van der Waals surface area contributed by atoms with E-state index in [2.05, 4.69) is 55.3 Å². The largest absolute Gasteiger partial charge is 0.371 e. The summed E-state index contributed by atoms with van der Waals surface area (Å²) in [7, 11) is 1.64. The van der Waals surface area contributed by atoms with Crippen molar-refractivity contribution in [2.24, 2.45) is 0 Å². The molecule has 2 amide bonds. The fourth-order valence-electron chi connectivity index (χ4n) is 3.05. The smallest absolute Gasteiger partial charge is 0.239 e. The zero-order valence-electron chi connectivity index (χ0n) is 16.1. The van der Waals surface area contributed by atoms with Gasteiger partial charge in [-0.15, -0.1) is 0 Å². The van der Waals surface area contributed by atoms with Crippen LogP contribution in [0.4, 0.5) is 5.69 Å². The van der Waals surface area contributed by atoms with Crippen molar-refractivity contribution in [1.82, 2.24) is 10.2 Å². The highest BCUT2D eigenvalue weighted by atomic mass is 16.2. The number of amides is 2. The van der Waals surface area contributed by atoms with E-state index in [1.54, 1.807) is 7.05 Å². The molecule has 2 rings (SSSR count). The number of benzene rings is 1. The number of carbonyl (C=O) groups is 2. The molecule has 5 nitrogen and oxygen atoms in total. The van der Waals surface area contributed by atoms with Gasteiger partial charge >= 0.3 is 0 Å². The third-order valence-corrected chi connectivity index (χ3v) is 4.88. The second-order valence-electron chi connectivity index (χ2n) is 8.00. The Morgan fingerprint density at radius 3 is 2.20 bits per heavy atom. The first-order valence-electron chi connectivity index (χ1n) is 9.03. The molecule has 0 aliphatic carbocycles. The maximum Gasteiger partial charge on any atom is 0.239 e. The van der Waals surface area contributed by atoms with E-state index in [1.165, 1.54) is 23.1 Å². The first kappa shape index (κ1) is 19.3. The van der Waals surface area contributed by atoms with Crippen molar-refractivity contribution in [2.75, 3.05) is 31.6 Å². The van der Waals surface area contributed by atoms with E-state index < -0.39 is 0 Å². The first-order chi connectivity index (χ1) is 11.7. The second kappa shape index (κ2) is 7.89. The summed E-state index contributed by atoms with van der Waals surface area (Å²) >= 11 is 0. The van der Waals surface area contributed by atoms with Crippen molar-refractivity contribution in [3.63, 3.8) is 0 Å². The number of nitrogens with zero attached hydrogens (tertiary/aromatic N) is 2. The number of hydrogen-bond donors (Lipinski definition) is 1. The predicted octanol–water partition coefficient (Wildman–Crippen LogP) is 2.55. The molecule has 1 saturated heterocycles. The van der Waals surface area contributed by atoms with Gasteiger partial charge < -0.3 is 15.1 Å². The summed E-state index contributed by atoms with van der Waals surface area (Å²) in [4.78, 5) is 27.0. The molecule has 0 saturated carbocycles. The summed E-state index contributed by atoms with van der Waals surface area (Å²) in [5, 5.41) is 3.05. The molecule has 0 aromatic heterocycles. The molecule has 0 bridgehead atoms. The van der Waals surface area contributed by atoms with Gasteiger partial charge in [0.2, 0.25) is 11.8 Å². The summed E-state index contributed by atoms with van der Waals surface area (Å²) < 4.78 is 0. The third kappa shape index (κ3) is 5.48. The molecule has 0 atom stereocenters. The van der Waals surface area contributed by atoms with Gasteiger partial charge in [0.15, 0.2) is 0 Å². The van der Waals surface area contributed by atoms with Crippen LogP contribution in [0.25, 0.3) is 0 Å². The highest BCUT2D eigenvalue weighted by Gasteiger charge is 2.22. The van der Waals surface area contributed by atoms with Crippen LogP contribution in [0.1, 0.15) is 46.1 Å². The van der Waals surface area contributed by atoms with E-state index >= 15 is 0 Å². The molecule has 0 unspecified atom stereocenters. The molecule has 1 aromatic carbocycles. The predicted molar refractivity (Wildman–Crippen MR) is 102 cm³/mol. The quantitative estimate of drug-likeness (QED) is 0.912. The first-order valence-corrected chi connectivity index (χ1v) is 9.03. The second-order valence-corrected chi connectivity index (χ2v) is 8.00. The number of rotatable bonds is 4. The molecule has 1 aliphatic heterocycles. The Bertz CT molecular complexity index is 596. The fraction of sp³-hybridized carbons (Fsp3) is 0.600. The molecule has 1 aliphatic rings. The molecular formula is C20H31N3O2. The molecule has 1 fully saturated rings. The highest BCUT2D eigenvalue weighted by molar-refractivity contribution is 5.83. The van der Waals surface area contributed by atoms with Crippen LogP contribution in [-0.4, -0.2) is 49.4 Å². The topological polar surface area (TPSA) is 52.7 Å². The Kier molecular flexibility index (Phi) is 6.09. The summed E-state index contributed by atoms with van der Waals surface area (Å²) in [6, 6.07) is 9.00. The van der Waals surface area contributed by atoms with Crippen LogP contribution in [0.2, 0.25) is 0 Å². The lowest BCUT2D eigenvalue weighted by Crippen LogP contribution is -2.47. The lowest BCUT2D eigenvalue weighted by atomic mass is 9.87. The average molecular weight is 345 g/mol. The van der Waals surface area contributed by atoms with Crippen LogP contribution in [0.5, 0.6) is 0 Å². The Morgan fingerprint density at radius 1 is 1.16 bits per heavy atom. The van der Waals surface area contributed by atoms with Crippen LogP contribution < -0.4 is 10.2 Å². The van der Waals surface area contributed by atoms with Gasteiger partial charge in [-0.25, -0.2) is 0 Å². The van der Waals surface area contributed by atoms with Gasteiger partial charge in [0.1, 0.15) is 0 Å². The van der Waals surface area contributed by atoms with Crippen LogP contribution in [0.3, 0.4) is 0 Å². The van der Waals surface area contributed by atoms with Crippen molar-refractivity contribution in [3.05, 3.63) is 29.8 Å². The maximum absolute atomic E-state index is 12.0. The maximum atomic E-state index is 12.0. The number of piperidine rings is 1. The number of anilines is 1. The zero-order valence-corrected chi connectivity index (χ0v) is 16.1. The van der Waals surface area contributed by atoms with Gasteiger partial charge in [-0.2, -0.15) is 0 Å². The average Bonchev–Trinajstić information content (AvgIpc) is 2.54. The fourth-order valence-corrected chi connectivity index (χ4v) is 3.05. The Morgan fingerprint density at radius 2 is 1.72 bits per heavy atom. The number of carbonyl (C=O) groups excluding carboxylic acids is 2. The molecule has 1 aromatic rings. The number of likely N-dealkylation sites (N-methyl/N-ethyl adjacent to an activating group) is 1. The summed E-state index contributed by atoms with van der Waals surface area (Å²) in [5.74, 6) is -0.172. The van der Waals surface area contributed by atoms with E-state index in [4.69, 9.17) is 0 Å². The van der Waals surface area contributed by atoms with Gasteiger partial charge in [-0.1, -0.05) is 32.9 Å². The normalized spacial score (nSPS) is 15.8. The van der Waals surface area contributed by atoms with Crippen molar-refractivity contribution in [3.8, 4) is 0 Å². The van der Waals surface area contributed by atoms with Crippen molar-refractivity contribution < 1.29 is 9.59 Å². The Labute approximate surface area is 151 Å². The molecule has 5 heteroatoms. The zero-order chi connectivity index (χ0) is 18.6. The SMILES string of the molecule is CC(=O)N(C)CC(=O)NC1CCN(c2ccc(C(C)(C)C)cc2)CC1. The van der Waals surface area contributed by atoms with Gasteiger partial charge in [-0.3, -0.25) is 9.59 Å². The molecule has 1 N–H and O–H groups in total. The van der Waals surface area contributed by atoms with E-state index in [1.807, 2.05) is 0 Å². The van der Waals surface area contributed by atoms with Crippen LogP contribution in [0.15, 0.2) is 24.3 Å². The molecule has 0 radical (unpaired) electrons. The Balaban J connectivity index is 1.83. The number of hydrogen-bond acceptors (Lipinski definition) is 3. The van der Waals surface area contributed by atoms with Crippen molar-refractivity contribution >= 4 is 17.5 Å². The minimum absolute atomic E-state index is 0.0781. The minimum atomic E-state index is -0.0938. The van der Waals surface area contributed by atoms with E-state index in [0.29, 0.717) is 0 Å². The minimum Gasteiger partial charge on any atom is -0.371 e. The molecular weight excluding hydrogens is 314 g/mol. The van der Waals surface area contributed by atoms with Gasteiger partial charge in [-0.05, 0) is 36.0 Å². The Hall–Kier alpha value is -2.04. The standard InChI is InChI=1S/C20H31N3O2/c1-15(24)22(5)14-19(25)21-17-10-12-23(13-11-17)18-8-6-16(7-9-18)20(2,3)4/h6-9,17H,10-14H2,1-5H3,(H,21,25). The van der Waals surface area contributed by atoms with Crippen LogP contribution >= 0.6 is 0 Å². The van der Waals surface area contributed by atoms with E-state index in [9.17, 15) is 9.59 Å². The van der Waals surface area contributed by atoms with Crippen LogP contribution in [0, 0.1) is 0 Å².